The summed E-state index contributed by atoms with van der Waals surface area (Å²) in [5.41, 5.74) is 11.5. The molecule has 0 aliphatic heterocycles. The van der Waals surface area contributed by atoms with Crippen LogP contribution in [0.3, 0.4) is 0 Å². The summed E-state index contributed by atoms with van der Waals surface area (Å²) in [5.74, 6) is 3.56. The van der Waals surface area contributed by atoms with Crippen molar-refractivity contribution >= 4 is 0 Å². The van der Waals surface area contributed by atoms with E-state index in [4.69, 9.17) is 9.68 Å². The summed E-state index contributed by atoms with van der Waals surface area (Å²) in [7, 11) is 0. The standard InChI is InChI=1S/C29H46N2O2/c1-18(2)24-13-11-14-25(19(3)4)28(24)32-30-22(9)17-23(10)31-33-29-26(20(5)6)15-12-16-27(29)21(7)8/h11-16,18-23,30-31H,17H2,1-10H3. The summed E-state index contributed by atoms with van der Waals surface area (Å²) in [6.45, 7) is 22.0. The molecular formula is C29H46N2O2. The number of hydrogen-bond acceptors (Lipinski definition) is 4. The molecule has 0 aromatic heterocycles. The van der Waals surface area contributed by atoms with Crippen LogP contribution in [0.1, 0.15) is 122 Å². The summed E-state index contributed by atoms with van der Waals surface area (Å²) < 4.78 is 0. The zero-order chi connectivity index (χ0) is 24.7. The fraction of sp³-hybridized carbons (Fsp3) is 0.586. The van der Waals surface area contributed by atoms with Gasteiger partial charge in [-0.15, -0.1) is 0 Å². The minimum absolute atomic E-state index is 0.154. The van der Waals surface area contributed by atoms with E-state index < -0.39 is 0 Å². The van der Waals surface area contributed by atoms with Crippen molar-refractivity contribution in [2.75, 3.05) is 0 Å². The van der Waals surface area contributed by atoms with Gasteiger partial charge in [0.25, 0.3) is 0 Å². The fourth-order valence-corrected chi connectivity index (χ4v) is 4.15. The Hall–Kier alpha value is -2.04. The van der Waals surface area contributed by atoms with Crippen LogP contribution in [0.4, 0.5) is 0 Å². The van der Waals surface area contributed by atoms with Gasteiger partial charge in [-0.2, -0.15) is 11.0 Å². The Labute approximate surface area is 202 Å². The van der Waals surface area contributed by atoms with Crippen molar-refractivity contribution in [1.29, 1.82) is 0 Å². The van der Waals surface area contributed by atoms with Gasteiger partial charge < -0.3 is 9.68 Å². The van der Waals surface area contributed by atoms with Gasteiger partial charge in [-0.05, 0) is 66.2 Å². The first-order chi connectivity index (χ1) is 15.5. The Kier molecular flexibility index (Phi) is 10.2. The molecule has 0 fully saturated rings. The van der Waals surface area contributed by atoms with Crippen LogP contribution in [0.2, 0.25) is 0 Å². The highest BCUT2D eigenvalue weighted by molar-refractivity contribution is 5.45. The van der Waals surface area contributed by atoms with E-state index in [1.807, 2.05) is 0 Å². The minimum Gasteiger partial charge on any atom is -0.408 e. The molecule has 0 bridgehead atoms. The van der Waals surface area contributed by atoms with Crippen LogP contribution in [-0.4, -0.2) is 12.1 Å². The van der Waals surface area contributed by atoms with Crippen molar-refractivity contribution in [3.8, 4) is 11.5 Å². The molecule has 2 unspecified atom stereocenters. The van der Waals surface area contributed by atoms with Crippen molar-refractivity contribution in [2.24, 2.45) is 0 Å². The smallest absolute Gasteiger partial charge is 0.154 e. The van der Waals surface area contributed by atoms with Gasteiger partial charge in [-0.25, -0.2) is 0 Å². The highest BCUT2D eigenvalue weighted by Crippen LogP contribution is 2.35. The predicted octanol–water partition coefficient (Wildman–Crippen LogP) is 7.81. The van der Waals surface area contributed by atoms with Gasteiger partial charge in [0.15, 0.2) is 11.5 Å². The van der Waals surface area contributed by atoms with E-state index in [2.05, 4.69) is 117 Å². The Morgan fingerprint density at radius 1 is 0.515 bits per heavy atom. The molecule has 33 heavy (non-hydrogen) atoms. The summed E-state index contributed by atoms with van der Waals surface area (Å²) in [4.78, 5) is 12.4. The third-order valence-corrected chi connectivity index (χ3v) is 6.07. The van der Waals surface area contributed by atoms with Crippen molar-refractivity contribution in [3.05, 3.63) is 58.7 Å². The maximum Gasteiger partial charge on any atom is 0.154 e. The maximum atomic E-state index is 6.20. The second-order valence-corrected chi connectivity index (χ2v) is 10.6. The average molecular weight is 455 g/mol. The molecule has 2 aromatic carbocycles. The van der Waals surface area contributed by atoms with Crippen LogP contribution in [0, 0.1) is 0 Å². The summed E-state index contributed by atoms with van der Waals surface area (Å²) in [6.07, 6.45) is 0.863. The molecule has 0 amide bonds. The molecule has 0 aliphatic carbocycles. The highest BCUT2D eigenvalue weighted by Gasteiger charge is 2.19. The van der Waals surface area contributed by atoms with Crippen molar-refractivity contribution < 1.29 is 9.68 Å². The number of benzene rings is 2. The van der Waals surface area contributed by atoms with Crippen LogP contribution in [0.15, 0.2) is 36.4 Å². The quantitative estimate of drug-likeness (QED) is 0.321. The molecule has 0 saturated carbocycles. The fourth-order valence-electron chi connectivity index (χ4n) is 4.15. The number of rotatable bonds is 12. The second-order valence-electron chi connectivity index (χ2n) is 10.6. The van der Waals surface area contributed by atoms with E-state index in [1.54, 1.807) is 0 Å². The minimum atomic E-state index is 0.154. The molecule has 2 N–H and O–H groups in total. The van der Waals surface area contributed by atoms with E-state index in [9.17, 15) is 0 Å². The van der Waals surface area contributed by atoms with Crippen molar-refractivity contribution in [1.82, 2.24) is 11.0 Å². The molecule has 184 valence electrons. The molecule has 4 nitrogen and oxygen atoms in total. The molecule has 0 radical (unpaired) electrons. The normalized spacial score (nSPS) is 13.8. The SMILES string of the molecule is CC(CC(C)NOc1c(C(C)C)cccc1C(C)C)NOc1c(C(C)C)cccc1C(C)C. The molecule has 0 heterocycles. The number of hydroxylamine groups is 2. The topological polar surface area (TPSA) is 42.5 Å². The van der Waals surface area contributed by atoms with Gasteiger partial charge in [0.05, 0.1) is 0 Å². The van der Waals surface area contributed by atoms with E-state index in [0.29, 0.717) is 23.7 Å². The summed E-state index contributed by atoms with van der Waals surface area (Å²) >= 11 is 0. The third-order valence-electron chi connectivity index (χ3n) is 6.07. The lowest BCUT2D eigenvalue weighted by molar-refractivity contribution is 0.116. The lowest BCUT2D eigenvalue weighted by Crippen LogP contribution is -2.38. The number of hydrogen-bond donors (Lipinski definition) is 2. The first-order valence-corrected chi connectivity index (χ1v) is 12.6. The van der Waals surface area contributed by atoms with Gasteiger partial charge in [0.1, 0.15) is 0 Å². The zero-order valence-corrected chi connectivity index (χ0v) is 22.5. The Morgan fingerprint density at radius 3 is 1.03 bits per heavy atom. The molecule has 2 rings (SSSR count). The van der Waals surface area contributed by atoms with Gasteiger partial charge in [0.2, 0.25) is 0 Å². The van der Waals surface area contributed by atoms with E-state index >= 15 is 0 Å². The van der Waals surface area contributed by atoms with Crippen LogP contribution in [0.25, 0.3) is 0 Å². The van der Waals surface area contributed by atoms with Crippen molar-refractivity contribution in [3.63, 3.8) is 0 Å². The van der Waals surface area contributed by atoms with Crippen LogP contribution >= 0.6 is 0 Å². The van der Waals surface area contributed by atoms with Gasteiger partial charge in [-0.1, -0.05) is 91.8 Å². The lowest BCUT2D eigenvalue weighted by Gasteiger charge is -2.25. The first-order valence-electron chi connectivity index (χ1n) is 12.6. The highest BCUT2D eigenvalue weighted by atomic mass is 16.7. The van der Waals surface area contributed by atoms with Gasteiger partial charge >= 0.3 is 0 Å². The molecule has 0 saturated heterocycles. The van der Waals surface area contributed by atoms with Crippen LogP contribution < -0.4 is 20.6 Å². The van der Waals surface area contributed by atoms with Gasteiger partial charge in [0, 0.05) is 12.1 Å². The first kappa shape index (κ1) is 27.2. The molecule has 0 spiro atoms. The average Bonchev–Trinajstić information content (AvgIpc) is 2.75. The van der Waals surface area contributed by atoms with Crippen LogP contribution in [0.5, 0.6) is 11.5 Å². The van der Waals surface area contributed by atoms with Crippen LogP contribution in [-0.2, 0) is 0 Å². The second kappa shape index (κ2) is 12.4. The maximum absolute atomic E-state index is 6.20. The number of para-hydroxylation sites is 2. The Morgan fingerprint density at radius 2 is 0.788 bits per heavy atom. The third kappa shape index (κ3) is 7.48. The molecular weight excluding hydrogens is 408 g/mol. The van der Waals surface area contributed by atoms with Crippen molar-refractivity contribution in [2.45, 2.75) is 111 Å². The Balaban J connectivity index is 2.02. The largest absolute Gasteiger partial charge is 0.408 e. The summed E-state index contributed by atoms with van der Waals surface area (Å²) in [5, 5.41) is 0. The predicted molar refractivity (Wildman–Crippen MR) is 140 cm³/mol. The molecule has 2 aromatic rings. The van der Waals surface area contributed by atoms with E-state index in [-0.39, 0.29) is 12.1 Å². The molecule has 2 atom stereocenters. The molecule has 4 heteroatoms. The Bertz CT molecular complexity index is 750. The molecule has 0 aliphatic rings. The zero-order valence-electron chi connectivity index (χ0n) is 22.5. The number of nitrogens with one attached hydrogen (secondary N) is 2. The van der Waals surface area contributed by atoms with E-state index in [0.717, 1.165) is 17.9 Å². The van der Waals surface area contributed by atoms with Gasteiger partial charge in [-0.3, -0.25) is 0 Å². The van der Waals surface area contributed by atoms with E-state index in [1.165, 1.54) is 22.3 Å². The lowest BCUT2D eigenvalue weighted by atomic mass is 9.94. The summed E-state index contributed by atoms with van der Waals surface area (Å²) in [6, 6.07) is 13.2. The monoisotopic (exact) mass is 454 g/mol.